The molecule has 0 aliphatic carbocycles. The molecule has 7 heteroatoms. The van der Waals surface area contributed by atoms with Crippen molar-refractivity contribution in [2.75, 3.05) is 28.3 Å². The van der Waals surface area contributed by atoms with Crippen molar-refractivity contribution in [3.05, 3.63) is 59.9 Å². The van der Waals surface area contributed by atoms with Gasteiger partial charge in [-0.2, -0.15) is 0 Å². The first-order valence-electron chi connectivity index (χ1n) is 8.43. The number of benzene rings is 2. The molecule has 1 aliphatic rings. The van der Waals surface area contributed by atoms with E-state index in [1.54, 1.807) is 23.1 Å². The molecule has 0 aromatic heterocycles. The van der Waals surface area contributed by atoms with Crippen molar-refractivity contribution in [3.63, 3.8) is 0 Å². The van der Waals surface area contributed by atoms with Crippen molar-refractivity contribution in [2.24, 2.45) is 0 Å². The summed E-state index contributed by atoms with van der Waals surface area (Å²) in [7, 11) is -3.13. The minimum Gasteiger partial charge on any atom is -0.376 e. The summed E-state index contributed by atoms with van der Waals surface area (Å²) in [6, 6.07) is 13.0. The van der Waals surface area contributed by atoms with Gasteiger partial charge in [-0.25, -0.2) is 12.8 Å². The third-order valence-electron chi connectivity index (χ3n) is 4.51. The summed E-state index contributed by atoms with van der Waals surface area (Å²) in [5.74, 6) is -0.577. The monoisotopic (exact) mass is 376 g/mol. The molecule has 0 spiro atoms. The molecule has 1 N–H and O–H groups in total. The molecular formula is C19H21FN2O3S. The van der Waals surface area contributed by atoms with Crippen molar-refractivity contribution >= 4 is 27.1 Å². The Bertz CT molecular complexity index is 900. The molecule has 5 nitrogen and oxygen atoms in total. The zero-order valence-electron chi connectivity index (χ0n) is 14.5. The lowest BCUT2D eigenvalue weighted by molar-refractivity contribution is -0.117. The number of hydrogen-bond donors (Lipinski definition) is 1. The van der Waals surface area contributed by atoms with E-state index >= 15 is 0 Å². The highest BCUT2D eigenvalue weighted by Gasteiger charge is 2.35. The largest absolute Gasteiger partial charge is 0.376 e. The molecule has 1 heterocycles. The number of nitrogens with one attached hydrogen (secondary N) is 1. The van der Waals surface area contributed by atoms with Gasteiger partial charge in [0.25, 0.3) is 0 Å². The number of rotatable bonds is 5. The second-order valence-electron chi connectivity index (χ2n) is 6.47. The molecule has 0 saturated carbocycles. The number of amides is 1. The third kappa shape index (κ3) is 4.22. The van der Waals surface area contributed by atoms with Crippen LogP contribution in [-0.2, 0) is 14.6 Å². The Labute approximate surface area is 152 Å². The van der Waals surface area contributed by atoms with Gasteiger partial charge in [0, 0.05) is 11.4 Å². The molecule has 0 bridgehead atoms. The van der Waals surface area contributed by atoms with Crippen LogP contribution in [0.1, 0.15) is 12.0 Å². The number of halogens is 1. The average Bonchev–Trinajstić information content (AvgIpc) is 2.96. The normalized spacial score (nSPS) is 18.5. The van der Waals surface area contributed by atoms with E-state index in [2.05, 4.69) is 5.32 Å². The number of anilines is 2. The van der Waals surface area contributed by atoms with Crippen molar-refractivity contribution < 1.29 is 17.6 Å². The molecule has 1 saturated heterocycles. The van der Waals surface area contributed by atoms with Crippen LogP contribution in [0.4, 0.5) is 15.8 Å². The average molecular weight is 376 g/mol. The number of carbonyl (C=O) groups excluding carboxylic acids is 1. The second kappa shape index (κ2) is 7.45. The van der Waals surface area contributed by atoms with Gasteiger partial charge >= 0.3 is 0 Å². The maximum Gasteiger partial charge on any atom is 0.246 e. The Balaban J connectivity index is 1.80. The Morgan fingerprint density at radius 2 is 1.96 bits per heavy atom. The topological polar surface area (TPSA) is 66.5 Å². The maximum absolute atomic E-state index is 13.4. The number of para-hydroxylation sites is 1. The SMILES string of the molecule is Cc1ccc(F)cc1NCC(=O)N(c1ccccc1)C1CCS(=O)(=O)C1. The van der Waals surface area contributed by atoms with Crippen LogP contribution in [0.3, 0.4) is 0 Å². The van der Waals surface area contributed by atoms with E-state index in [1.165, 1.54) is 12.1 Å². The Morgan fingerprint density at radius 1 is 1.23 bits per heavy atom. The van der Waals surface area contributed by atoms with Crippen LogP contribution in [0.5, 0.6) is 0 Å². The zero-order valence-corrected chi connectivity index (χ0v) is 15.3. The lowest BCUT2D eigenvalue weighted by Gasteiger charge is -2.28. The van der Waals surface area contributed by atoms with E-state index in [1.807, 2.05) is 25.1 Å². The van der Waals surface area contributed by atoms with Crippen LogP contribution in [0.25, 0.3) is 0 Å². The smallest absolute Gasteiger partial charge is 0.246 e. The van der Waals surface area contributed by atoms with Crippen LogP contribution in [0.2, 0.25) is 0 Å². The van der Waals surface area contributed by atoms with Gasteiger partial charge in [0.2, 0.25) is 5.91 Å². The van der Waals surface area contributed by atoms with Crippen molar-refractivity contribution in [2.45, 2.75) is 19.4 Å². The summed E-state index contributed by atoms with van der Waals surface area (Å²) >= 11 is 0. The highest BCUT2D eigenvalue weighted by molar-refractivity contribution is 7.91. The van der Waals surface area contributed by atoms with Gasteiger partial charge in [-0.1, -0.05) is 24.3 Å². The first-order chi connectivity index (χ1) is 12.4. The summed E-state index contributed by atoms with van der Waals surface area (Å²) in [5.41, 5.74) is 2.04. The Morgan fingerprint density at radius 3 is 2.62 bits per heavy atom. The number of carbonyl (C=O) groups is 1. The molecule has 2 aromatic rings. The van der Waals surface area contributed by atoms with E-state index in [4.69, 9.17) is 0 Å². The van der Waals surface area contributed by atoms with Crippen LogP contribution >= 0.6 is 0 Å². The molecule has 1 fully saturated rings. The van der Waals surface area contributed by atoms with E-state index in [0.717, 1.165) is 5.56 Å². The molecule has 2 aromatic carbocycles. The number of nitrogens with zero attached hydrogens (tertiary/aromatic N) is 1. The lowest BCUT2D eigenvalue weighted by Crippen LogP contribution is -2.44. The van der Waals surface area contributed by atoms with E-state index in [0.29, 0.717) is 17.8 Å². The van der Waals surface area contributed by atoms with E-state index in [-0.39, 0.29) is 35.8 Å². The molecule has 0 radical (unpaired) electrons. The lowest BCUT2D eigenvalue weighted by atomic mass is 10.1. The molecule has 26 heavy (non-hydrogen) atoms. The predicted molar refractivity (Wildman–Crippen MR) is 101 cm³/mol. The minimum atomic E-state index is -3.13. The Kier molecular flexibility index (Phi) is 5.27. The first-order valence-corrected chi connectivity index (χ1v) is 10.3. The Hall–Kier alpha value is -2.41. The number of aryl methyl sites for hydroxylation is 1. The highest BCUT2D eigenvalue weighted by atomic mass is 32.2. The van der Waals surface area contributed by atoms with E-state index in [9.17, 15) is 17.6 Å². The van der Waals surface area contributed by atoms with Gasteiger partial charge in [-0.3, -0.25) is 4.79 Å². The summed E-state index contributed by atoms with van der Waals surface area (Å²) in [6.07, 6.45) is 0.419. The molecule has 1 atom stereocenters. The fourth-order valence-corrected chi connectivity index (χ4v) is 4.87. The third-order valence-corrected chi connectivity index (χ3v) is 6.26. The molecule has 1 unspecified atom stereocenters. The molecule has 3 rings (SSSR count). The predicted octanol–water partition coefficient (Wildman–Crippen LogP) is 2.77. The number of sulfone groups is 1. The van der Waals surface area contributed by atoms with Crippen LogP contribution < -0.4 is 10.2 Å². The van der Waals surface area contributed by atoms with Gasteiger partial charge in [0.05, 0.1) is 24.1 Å². The summed E-state index contributed by atoms with van der Waals surface area (Å²) < 4.78 is 37.2. The molecule has 1 aliphatic heterocycles. The van der Waals surface area contributed by atoms with Gasteiger partial charge < -0.3 is 10.2 Å². The standard InChI is InChI=1S/C19H21FN2O3S/c1-14-7-8-15(20)11-18(14)21-12-19(23)22(16-5-3-2-4-6-16)17-9-10-26(24,25)13-17/h2-8,11,17,21H,9-10,12-13H2,1H3. The van der Waals surface area contributed by atoms with Crippen molar-refractivity contribution in [3.8, 4) is 0 Å². The summed E-state index contributed by atoms with van der Waals surface area (Å²) in [6.45, 7) is 1.78. The van der Waals surface area contributed by atoms with Crippen molar-refractivity contribution in [1.82, 2.24) is 0 Å². The number of hydrogen-bond acceptors (Lipinski definition) is 4. The quantitative estimate of drug-likeness (QED) is 0.871. The van der Waals surface area contributed by atoms with Gasteiger partial charge in [0.1, 0.15) is 5.82 Å². The van der Waals surface area contributed by atoms with Crippen molar-refractivity contribution in [1.29, 1.82) is 0 Å². The fourth-order valence-electron chi connectivity index (χ4n) is 3.17. The maximum atomic E-state index is 13.4. The second-order valence-corrected chi connectivity index (χ2v) is 8.70. The summed E-state index contributed by atoms with van der Waals surface area (Å²) in [5, 5.41) is 2.97. The molecule has 138 valence electrons. The van der Waals surface area contributed by atoms with Gasteiger partial charge in [-0.05, 0) is 43.2 Å². The first kappa shape index (κ1) is 18.4. The highest BCUT2D eigenvalue weighted by Crippen LogP contribution is 2.25. The fraction of sp³-hybridized carbons (Fsp3) is 0.316. The van der Waals surface area contributed by atoms with Gasteiger partial charge in [-0.15, -0.1) is 0 Å². The molecule has 1 amide bonds. The minimum absolute atomic E-state index is 0.0351. The van der Waals surface area contributed by atoms with E-state index < -0.39 is 9.84 Å². The van der Waals surface area contributed by atoms with Crippen LogP contribution in [0.15, 0.2) is 48.5 Å². The summed E-state index contributed by atoms with van der Waals surface area (Å²) in [4.78, 5) is 14.4. The van der Waals surface area contributed by atoms with Crippen LogP contribution in [-0.4, -0.2) is 38.4 Å². The van der Waals surface area contributed by atoms with Crippen LogP contribution in [0, 0.1) is 12.7 Å². The zero-order chi connectivity index (χ0) is 18.7. The molecular weight excluding hydrogens is 355 g/mol. The van der Waals surface area contributed by atoms with Gasteiger partial charge in [0.15, 0.2) is 9.84 Å².